The van der Waals surface area contributed by atoms with Gasteiger partial charge in [0.2, 0.25) is 0 Å². The Hall–Kier alpha value is -3.00. The van der Waals surface area contributed by atoms with Crippen LogP contribution in [0, 0.1) is 26.6 Å². The summed E-state index contributed by atoms with van der Waals surface area (Å²) in [6.07, 6.45) is 1.60. The van der Waals surface area contributed by atoms with Crippen LogP contribution < -0.4 is 0 Å². The third-order valence-electron chi connectivity index (χ3n) is 5.62. The zero-order chi connectivity index (χ0) is 20.7. The predicted octanol–water partition coefficient (Wildman–Crippen LogP) is 2.88. The molecule has 3 heterocycles. The Morgan fingerprint density at radius 2 is 1.97 bits per heavy atom. The lowest BCUT2D eigenvalue weighted by atomic mass is 10.0. The third kappa shape index (κ3) is 3.23. The van der Waals surface area contributed by atoms with Crippen LogP contribution in [0.25, 0.3) is 5.69 Å². The van der Waals surface area contributed by atoms with Crippen LogP contribution in [-0.2, 0) is 11.8 Å². The zero-order valence-corrected chi connectivity index (χ0v) is 17.0. The molecule has 0 aliphatic carbocycles. The Morgan fingerprint density at radius 3 is 2.66 bits per heavy atom. The van der Waals surface area contributed by atoms with Gasteiger partial charge in [0.15, 0.2) is 0 Å². The summed E-state index contributed by atoms with van der Waals surface area (Å²) >= 11 is 0. The van der Waals surface area contributed by atoms with Gasteiger partial charge >= 0.3 is 0 Å². The number of aromatic nitrogens is 4. The molecule has 7 nitrogen and oxygen atoms in total. The molecule has 1 saturated heterocycles. The number of nitrogens with zero attached hydrogens (tertiary/aromatic N) is 5. The van der Waals surface area contributed by atoms with E-state index in [-0.39, 0.29) is 17.8 Å². The highest BCUT2D eigenvalue weighted by molar-refractivity contribution is 5.95. The minimum atomic E-state index is -0.344. The molecule has 1 fully saturated rings. The lowest BCUT2D eigenvalue weighted by molar-refractivity contribution is -0.00308. The number of halogens is 1. The number of para-hydroxylation sites is 1. The maximum absolute atomic E-state index is 14.4. The Labute approximate surface area is 168 Å². The summed E-state index contributed by atoms with van der Waals surface area (Å²) in [4.78, 5) is 15.1. The summed E-state index contributed by atoms with van der Waals surface area (Å²) in [6, 6.07) is 6.24. The number of carbonyl (C=O) groups is 1. The molecule has 4 rings (SSSR count). The maximum Gasteiger partial charge on any atom is 0.257 e. The van der Waals surface area contributed by atoms with Gasteiger partial charge in [0.25, 0.3) is 5.91 Å². The molecule has 0 saturated carbocycles. The van der Waals surface area contributed by atoms with E-state index in [4.69, 9.17) is 4.74 Å². The Bertz CT molecular complexity index is 1070. The molecule has 3 aromatic rings. The largest absolute Gasteiger partial charge is 0.377 e. The second-order valence-electron chi connectivity index (χ2n) is 7.30. The molecule has 1 atom stereocenters. The molecule has 0 bridgehead atoms. The van der Waals surface area contributed by atoms with E-state index < -0.39 is 0 Å². The third-order valence-corrected chi connectivity index (χ3v) is 5.62. The van der Waals surface area contributed by atoms with Gasteiger partial charge in [0.1, 0.15) is 11.5 Å². The second-order valence-corrected chi connectivity index (χ2v) is 7.30. The molecule has 2 aromatic heterocycles. The van der Waals surface area contributed by atoms with Crippen LogP contribution in [0.1, 0.15) is 39.0 Å². The van der Waals surface area contributed by atoms with E-state index in [0.29, 0.717) is 31.0 Å². The van der Waals surface area contributed by atoms with E-state index in [9.17, 15) is 9.18 Å². The van der Waals surface area contributed by atoms with Gasteiger partial charge in [-0.1, -0.05) is 12.1 Å². The van der Waals surface area contributed by atoms with E-state index >= 15 is 0 Å². The molecule has 0 radical (unpaired) electrons. The normalized spacial score (nSPS) is 17.0. The molecule has 1 unspecified atom stereocenters. The smallest absolute Gasteiger partial charge is 0.257 e. The predicted molar refractivity (Wildman–Crippen MR) is 106 cm³/mol. The van der Waals surface area contributed by atoms with Crippen molar-refractivity contribution in [3.63, 3.8) is 0 Å². The van der Waals surface area contributed by atoms with Gasteiger partial charge in [-0.3, -0.25) is 9.48 Å². The molecule has 1 amide bonds. The molecule has 1 aliphatic heterocycles. The van der Waals surface area contributed by atoms with Crippen LogP contribution in [0.5, 0.6) is 0 Å². The van der Waals surface area contributed by atoms with Gasteiger partial charge in [0.05, 0.1) is 36.7 Å². The van der Waals surface area contributed by atoms with Gasteiger partial charge in [-0.25, -0.2) is 9.07 Å². The van der Waals surface area contributed by atoms with E-state index in [2.05, 4.69) is 10.2 Å². The molecular formula is C21H24FN5O2. The van der Waals surface area contributed by atoms with Crippen molar-refractivity contribution >= 4 is 5.91 Å². The lowest BCUT2D eigenvalue weighted by Crippen LogP contribution is -2.44. The fraction of sp³-hybridized carbons (Fsp3) is 0.381. The Morgan fingerprint density at radius 1 is 1.21 bits per heavy atom. The zero-order valence-electron chi connectivity index (χ0n) is 17.0. The van der Waals surface area contributed by atoms with Crippen molar-refractivity contribution < 1.29 is 13.9 Å². The molecular weight excluding hydrogens is 373 g/mol. The topological polar surface area (TPSA) is 65.2 Å². The molecule has 29 heavy (non-hydrogen) atoms. The lowest BCUT2D eigenvalue weighted by Gasteiger charge is -2.36. The van der Waals surface area contributed by atoms with Crippen molar-refractivity contribution in [1.29, 1.82) is 0 Å². The first-order valence-electron chi connectivity index (χ1n) is 9.58. The molecule has 0 N–H and O–H groups in total. The first kappa shape index (κ1) is 19.3. The van der Waals surface area contributed by atoms with Crippen molar-refractivity contribution in [2.75, 3.05) is 19.8 Å². The summed E-state index contributed by atoms with van der Waals surface area (Å²) in [7, 11) is 1.82. The number of amides is 1. The summed E-state index contributed by atoms with van der Waals surface area (Å²) in [5, 5.41) is 8.77. The van der Waals surface area contributed by atoms with Crippen LogP contribution >= 0.6 is 0 Å². The van der Waals surface area contributed by atoms with Gasteiger partial charge in [-0.05, 0) is 32.9 Å². The molecule has 1 aliphatic rings. The number of carbonyl (C=O) groups excluding carboxylic acids is 1. The minimum Gasteiger partial charge on any atom is -0.377 e. The SMILES string of the molecule is Cc1nn(-c2ccccc2F)c(C)c1C1COCCN1C(=O)c1cnn(C)c1C. The van der Waals surface area contributed by atoms with E-state index in [1.165, 1.54) is 6.07 Å². The van der Waals surface area contributed by atoms with Crippen molar-refractivity contribution in [2.45, 2.75) is 26.8 Å². The highest BCUT2D eigenvalue weighted by Crippen LogP contribution is 2.32. The van der Waals surface area contributed by atoms with Crippen molar-refractivity contribution in [1.82, 2.24) is 24.5 Å². The fourth-order valence-corrected chi connectivity index (χ4v) is 3.94. The molecule has 8 heteroatoms. The van der Waals surface area contributed by atoms with Crippen LogP contribution in [0.15, 0.2) is 30.5 Å². The number of hydrogen-bond acceptors (Lipinski definition) is 4. The number of ether oxygens (including phenoxy) is 1. The summed E-state index contributed by atoms with van der Waals surface area (Å²) in [5.41, 5.74) is 4.22. The average molecular weight is 397 g/mol. The first-order valence-corrected chi connectivity index (χ1v) is 9.58. The van der Waals surface area contributed by atoms with Crippen LogP contribution in [0.2, 0.25) is 0 Å². The number of aryl methyl sites for hydroxylation is 2. The Kier molecular flexibility index (Phi) is 4.96. The number of morpholine rings is 1. The summed E-state index contributed by atoms with van der Waals surface area (Å²) in [5.74, 6) is -0.426. The van der Waals surface area contributed by atoms with Crippen LogP contribution in [0.3, 0.4) is 0 Å². The monoisotopic (exact) mass is 397 g/mol. The molecule has 152 valence electrons. The van der Waals surface area contributed by atoms with Crippen molar-refractivity contribution in [3.05, 3.63) is 64.5 Å². The second kappa shape index (κ2) is 7.44. The van der Waals surface area contributed by atoms with E-state index in [1.54, 1.807) is 33.8 Å². The number of rotatable bonds is 3. The van der Waals surface area contributed by atoms with Gasteiger partial charge in [0, 0.05) is 30.5 Å². The highest BCUT2D eigenvalue weighted by Gasteiger charge is 2.34. The van der Waals surface area contributed by atoms with Gasteiger partial charge in [-0.2, -0.15) is 10.2 Å². The van der Waals surface area contributed by atoms with Crippen molar-refractivity contribution in [2.24, 2.45) is 7.05 Å². The quantitative estimate of drug-likeness (QED) is 0.682. The summed E-state index contributed by atoms with van der Waals surface area (Å²) < 4.78 is 23.4. The average Bonchev–Trinajstić information content (AvgIpc) is 3.20. The maximum atomic E-state index is 14.4. The number of benzene rings is 1. The van der Waals surface area contributed by atoms with Gasteiger partial charge < -0.3 is 9.64 Å². The highest BCUT2D eigenvalue weighted by atomic mass is 19.1. The fourth-order valence-electron chi connectivity index (χ4n) is 3.94. The standard InChI is InChI=1S/C21H24FN5O2/c1-13-20(15(3)27(24-13)18-8-6-5-7-17(18)22)19-12-29-10-9-26(19)21(28)16-11-23-25(4)14(16)2/h5-8,11,19H,9-10,12H2,1-4H3. The van der Waals surface area contributed by atoms with Crippen LogP contribution in [0.4, 0.5) is 4.39 Å². The Balaban J connectivity index is 1.75. The molecule has 0 spiro atoms. The molecule has 1 aromatic carbocycles. The van der Waals surface area contributed by atoms with Crippen molar-refractivity contribution in [3.8, 4) is 5.69 Å². The minimum absolute atomic E-state index is 0.0821. The van der Waals surface area contributed by atoms with Crippen LogP contribution in [-0.4, -0.2) is 50.1 Å². The van der Waals surface area contributed by atoms with Gasteiger partial charge in [-0.15, -0.1) is 0 Å². The van der Waals surface area contributed by atoms with E-state index in [0.717, 1.165) is 22.6 Å². The summed E-state index contributed by atoms with van der Waals surface area (Å²) in [6.45, 7) is 6.97. The first-order chi connectivity index (χ1) is 13.9. The van der Waals surface area contributed by atoms with E-state index in [1.807, 2.05) is 32.7 Å². The number of hydrogen-bond donors (Lipinski definition) is 0.